The molecule has 0 saturated carbocycles. The number of amides is 1. The molecule has 1 aromatic heterocycles. The summed E-state index contributed by atoms with van der Waals surface area (Å²) in [5.41, 5.74) is 0. The van der Waals surface area contributed by atoms with Gasteiger partial charge in [-0.2, -0.15) is 0 Å². The first-order chi connectivity index (χ1) is 10.1. The Balaban J connectivity index is 1.76. The fraction of sp³-hybridized carbons (Fsp3) is 0.643. The third-order valence-corrected chi connectivity index (χ3v) is 3.01. The number of rotatable bonds is 6. The Kier molecular flexibility index (Phi) is 5.74. The topological polar surface area (TPSA) is 76.6 Å². The van der Waals surface area contributed by atoms with E-state index in [1.54, 1.807) is 6.07 Å². The zero-order valence-electron chi connectivity index (χ0n) is 12.5. The number of carbonyl (C=O) groups is 1. The van der Waals surface area contributed by atoms with Crippen molar-refractivity contribution >= 4 is 11.7 Å². The first kappa shape index (κ1) is 15.5. The van der Waals surface area contributed by atoms with Crippen LogP contribution in [0.15, 0.2) is 12.4 Å². The lowest BCUT2D eigenvalue weighted by Crippen LogP contribution is -2.41. The van der Waals surface area contributed by atoms with E-state index >= 15 is 0 Å². The molecular formula is C14H22N4O3. The van der Waals surface area contributed by atoms with Crippen LogP contribution in [-0.4, -0.2) is 59.7 Å². The van der Waals surface area contributed by atoms with Gasteiger partial charge in [-0.15, -0.1) is 0 Å². The van der Waals surface area contributed by atoms with E-state index in [4.69, 9.17) is 9.47 Å². The van der Waals surface area contributed by atoms with Gasteiger partial charge in [-0.25, -0.2) is 9.97 Å². The van der Waals surface area contributed by atoms with Crippen molar-refractivity contribution in [3.63, 3.8) is 0 Å². The lowest BCUT2D eigenvalue weighted by molar-refractivity contribution is -0.134. The van der Waals surface area contributed by atoms with Crippen molar-refractivity contribution in [2.75, 3.05) is 38.2 Å². The molecule has 2 heterocycles. The minimum absolute atomic E-state index is 0.0654. The summed E-state index contributed by atoms with van der Waals surface area (Å²) >= 11 is 0. The van der Waals surface area contributed by atoms with Gasteiger partial charge in [0.1, 0.15) is 12.1 Å². The fourth-order valence-corrected chi connectivity index (χ4v) is 2.01. The van der Waals surface area contributed by atoms with Gasteiger partial charge in [-0.05, 0) is 13.8 Å². The Morgan fingerprint density at radius 3 is 2.90 bits per heavy atom. The molecule has 1 saturated heterocycles. The molecule has 0 aliphatic carbocycles. The molecule has 0 bridgehead atoms. The number of ether oxygens (including phenoxy) is 2. The molecular weight excluding hydrogens is 272 g/mol. The third kappa shape index (κ3) is 5.18. The average molecular weight is 294 g/mol. The number of nitrogens with one attached hydrogen (secondary N) is 1. The van der Waals surface area contributed by atoms with Gasteiger partial charge in [0.15, 0.2) is 0 Å². The van der Waals surface area contributed by atoms with Gasteiger partial charge >= 0.3 is 0 Å². The Labute approximate surface area is 124 Å². The van der Waals surface area contributed by atoms with E-state index in [9.17, 15) is 4.79 Å². The predicted molar refractivity (Wildman–Crippen MR) is 78.3 cm³/mol. The van der Waals surface area contributed by atoms with E-state index in [0.717, 1.165) is 0 Å². The predicted octanol–water partition coefficient (Wildman–Crippen LogP) is 0.925. The van der Waals surface area contributed by atoms with Crippen LogP contribution in [0.2, 0.25) is 0 Å². The number of anilines is 1. The molecule has 0 atom stereocenters. The first-order valence-electron chi connectivity index (χ1n) is 7.23. The van der Waals surface area contributed by atoms with E-state index in [2.05, 4.69) is 15.3 Å². The Morgan fingerprint density at radius 2 is 2.19 bits per heavy atom. The van der Waals surface area contributed by atoms with Gasteiger partial charge in [0.05, 0.1) is 19.3 Å². The summed E-state index contributed by atoms with van der Waals surface area (Å²) < 4.78 is 10.7. The molecule has 1 aliphatic rings. The first-order valence-corrected chi connectivity index (χ1v) is 7.23. The molecule has 0 aromatic carbocycles. The molecule has 116 valence electrons. The van der Waals surface area contributed by atoms with Crippen LogP contribution in [0.25, 0.3) is 0 Å². The van der Waals surface area contributed by atoms with Crippen LogP contribution in [0.4, 0.5) is 5.82 Å². The second-order valence-electron chi connectivity index (χ2n) is 5.08. The van der Waals surface area contributed by atoms with Crippen LogP contribution in [0, 0.1) is 0 Å². The van der Waals surface area contributed by atoms with Crippen molar-refractivity contribution in [2.45, 2.75) is 26.4 Å². The van der Waals surface area contributed by atoms with Crippen LogP contribution in [0.1, 0.15) is 20.3 Å². The van der Waals surface area contributed by atoms with E-state index in [1.165, 1.54) is 6.33 Å². The number of carbonyl (C=O) groups excluding carboxylic acids is 1. The Bertz CT molecular complexity index is 461. The quantitative estimate of drug-likeness (QED) is 0.841. The molecule has 7 nitrogen and oxygen atoms in total. The summed E-state index contributed by atoms with van der Waals surface area (Å²) in [5, 5.41) is 3.12. The van der Waals surface area contributed by atoms with Crippen LogP contribution in [0.5, 0.6) is 5.88 Å². The largest absolute Gasteiger partial charge is 0.475 e. The second-order valence-corrected chi connectivity index (χ2v) is 5.08. The van der Waals surface area contributed by atoms with Gasteiger partial charge in [0.25, 0.3) is 0 Å². The zero-order chi connectivity index (χ0) is 15.1. The van der Waals surface area contributed by atoms with Crippen molar-refractivity contribution in [1.29, 1.82) is 0 Å². The van der Waals surface area contributed by atoms with Crippen molar-refractivity contribution < 1.29 is 14.3 Å². The molecule has 1 amide bonds. The molecule has 1 N–H and O–H groups in total. The van der Waals surface area contributed by atoms with Gasteiger partial charge in [0.2, 0.25) is 11.8 Å². The third-order valence-electron chi connectivity index (χ3n) is 3.01. The van der Waals surface area contributed by atoms with E-state index in [0.29, 0.717) is 51.0 Å². The lowest BCUT2D eigenvalue weighted by Gasteiger charge is -2.26. The fourth-order valence-electron chi connectivity index (χ4n) is 2.01. The average Bonchev–Trinajstić information content (AvgIpc) is 2.48. The number of hydrogen-bond acceptors (Lipinski definition) is 6. The van der Waals surface area contributed by atoms with E-state index in [1.807, 2.05) is 18.7 Å². The molecule has 0 spiro atoms. The maximum absolute atomic E-state index is 12.0. The highest BCUT2D eigenvalue weighted by Gasteiger charge is 2.16. The maximum Gasteiger partial charge on any atom is 0.224 e. The molecule has 0 unspecified atom stereocenters. The van der Waals surface area contributed by atoms with Gasteiger partial charge in [0, 0.05) is 32.1 Å². The highest BCUT2D eigenvalue weighted by molar-refractivity contribution is 5.76. The summed E-state index contributed by atoms with van der Waals surface area (Å²) in [6.45, 7) is 7.03. The maximum atomic E-state index is 12.0. The SMILES string of the molecule is CC(C)Oc1cc(NCCC(=O)N2CCOCC2)ncn1. The van der Waals surface area contributed by atoms with E-state index < -0.39 is 0 Å². The van der Waals surface area contributed by atoms with Crippen molar-refractivity contribution in [3.05, 3.63) is 12.4 Å². The summed E-state index contributed by atoms with van der Waals surface area (Å²) in [6.07, 6.45) is 1.95. The monoisotopic (exact) mass is 294 g/mol. The van der Waals surface area contributed by atoms with Crippen LogP contribution in [-0.2, 0) is 9.53 Å². The standard InChI is InChI=1S/C14H22N4O3/c1-11(2)21-13-9-12(16-10-17-13)15-4-3-14(19)18-5-7-20-8-6-18/h9-11H,3-8H2,1-2H3,(H,15,16,17). The Morgan fingerprint density at radius 1 is 1.43 bits per heavy atom. The van der Waals surface area contributed by atoms with Crippen molar-refractivity contribution in [3.8, 4) is 5.88 Å². The molecule has 2 rings (SSSR count). The molecule has 1 aromatic rings. The van der Waals surface area contributed by atoms with Crippen LogP contribution < -0.4 is 10.1 Å². The molecule has 1 fully saturated rings. The van der Waals surface area contributed by atoms with Gasteiger partial charge in [-0.3, -0.25) is 4.79 Å². The summed E-state index contributed by atoms with van der Waals surface area (Å²) in [6, 6.07) is 1.74. The molecule has 0 radical (unpaired) electrons. The summed E-state index contributed by atoms with van der Waals surface area (Å²) in [7, 11) is 0. The van der Waals surface area contributed by atoms with Gasteiger partial charge < -0.3 is 19.7 Å². The van der Waals surface area contributed by atoms with Gasteiger partial charge in [-0.1, -0.05) is 0 Å². The number of aromatic nitrogens is 2. The Hall–Kier alpha value is -1.89. The van der Waals surface area contributed by atoms with E-state index in [-0.39, 0.29) is 12.0 Å². The van der Waals surface area contributed by atoms with Crippen LogP contribution >= 0.6 is 0 Å². The van der Waals surface area contributed by atoms with Crippen LogP contribution in [0.3, 0.4) is 0 Å². The van der Waals surface area contributed by atoms with Crippen molar-refractivity contribution in [1.82, 2.24) is 14.9 Å². The highest BCUT2D eigenvalue weighted by atomic mass is 16.5. The smallest absolute Gasteiger partial charge is 0.224 e. The normalized spacial score (nSPS) is 15.1. The minimum atomic E-state index is 0.0654. The minimum Gasteiger partial charge on any atom is -0.475 e. The molecule has 1 aliphatic heterocycles. The van der Waals surface area contributed by atoms with Crippen molar-refractivity contribution in [2.24, 2.45) is 0 Å². The number of hydrogen-bond donors (Lipinski definition) is 1. The molecule has 21 heavy (non-hydrogen) atoms. The zero-order valence-corrected chi connectivity index (χ0v) is 12.5. The molecule has 7 heteroatoms. The highest BCUT2D eigenvalue weighted by Crippen LogP contribution is 2.12. The number of morpholine rings is 1. The second kappa shape index (κ2) is 7.78. The lowest BCUT2D eigenvalue weighted by atomic mass is 10.3. The summed E-state index contributed by atoms with van der Waals surface area (Å²) in [5.74, 6) is 1.33. The number of nitrogens with zero attached hydrogens (tertiary/aromatic N) is 3. The summed E-state index contributed by atoms with van der Waals surface area (Å²) in [4.78, 5) is 21.9.